The second kappa shape index (κ2) is 12.9. The minimum absolute atomic E-state index is 0.183. The third-order valence-corrected chi connectivity index (χ3v) is 6.99. The number of nitrogens with one attached hydrogen (secondary N) is 2. The molecule has 0 aliphatic carbocycles. The Morgan fingerprint density at radius 2 is 1.53 bits per heavy atom. The summed E-state index contributed by atoms with van der Waals surface area (Å²) in [7, 11) is 0. The predicted molar refractivity (Wildman–Crippen MR) is 135 cm³/mol. The molecule has 0 aliphatic rings. The lowest BCUT2D eigenvalue weighted by Gasteiger charge is -2.28. The molecule has 2 heterocycles. The van der Waals surface area contributed by atoms with Gasteiger partial charge in [0.25, 0.3) is 0 Å². The van der Waals surface area contributed by atoms with Crippen molar-refractivity contribution in [2.45, 2.75) is 51.4 Å². The average Bonchev–Trinajstić information content (AvgIpc) is 3.54. The molecule has 0 spiro atoms. The van der Waals surface area contributed by atoms with Crippen LogP contribution in [0.25, 0.3) is 0 Å². The molecule has 3 amide bonds. The number of carboxylic acids is 1. The average molecular weight is 500 g/mol. The molecule has 1 aromatic carbocycles. The monoisotopic (exact) mass is 499 g/mol. The molecular formula is C25H29N3O4S2. The Balaban J connectivity index is 1.75. The van der Waals surface area contributed by atoms with Crippen molar-refractivity contribution in [2.24, 2.45) is 0 Å². The van der Waals surface area contributed by atoms with Crippen LogP contribution in [0.4, 0.5) is 4.79 Å². The lowest BCUT2D eigenvalue weighted by atomic mass is 10.1. The third-order valence-electron chi connectivity index (χ3n) is 5.27. The highest BCUT2D eigenvalue weighted by atomic mass is 32.1. The molecule has 0 saturated carbocycles. The second-order valence-electron chi connectivity index (χ2n) is 7.85. The van der Waals surface area contributed by atoms with Gasteiger partial charge >= 0.3 is 12.0 Å². The van der Waals surface area contributed by atoms with Gasteiger partial charge in [-0.15, -0.1) is 22.7 Å². The Labute approximate surface area is 207 Å². The molecule has 9 heteroatoms. The molecule has 2 atom stereocenters. The number of thiophene rings is 2. The van der Waals surface area contributed by atoms with Crippen molar-refractivity contribution in [1.82, 2.24) is 15.5 Å². The normalized spacial score (nSPS) is 12.5. The van der Waals surface area contributed by atoms with Gasteiger partial charge in [0.15, 0.2) is 6.04 Å². The van der Waals surface area contributed by atoms with Crippen LogP contribution >= 0.6 is 22.7 Å². The number of carbonyl (C=O) groups is 3. The first-order chi connectivity index (χ1) is 16.5. The van der Waals surface area contributed by atoms with Gasteiger partial charge in [-0.05, 0) is 34.9 Å². The fourth-order valence-corrected chi connectivity index (χ4v) is 4.98. The Morgan fingerprint density at radius 3 is 2.03 bits per heavy atom. The van der Waals surface area contributed by atoms with E-state index >= 15 is 0 Å². The lowest BCUT2D eigenvalue weighted by molar-refractivity contribution is -0.139. The molecule has 0 fully saturated rings. The van der Waals surface area contributed by atoms with Crippen molar-refractivity contribution in [3.8, 4) is 0 Å². The van der Waals surface area contributed by atoms with Crippen molar-refractivity contribution in [3.05, 3.63) is 80.7 Å². The van der Waals surface area contributed by atoms with E-state index in [1.165, 1.54) is 0 Å². The van der Waals surface area contributed by atoms with Crippen molar-refractivity contribution >= 4 is 40.6 Å². The zero-order valence-electron chi connectivity index (χ0n) is 19.0. The van der Waals surface area contributed by atoms with Crippen molar-refractivity contribution in [1.29, 1.82) is 0 Å². The van der Waals surface area contributed by atoms with E-state index in [2.05, 4.69) is 10.6 Å². The van der Waals surface area contributed by atoms with E-state index in [0.29, 0.717) is 25.1 Å². The van der Waals surface area contributed by atoms with Crippen LogP contribution in [0.2, 0.25) is 0 Å². The Bertz CT molecular complexity index is 1000. The molecule has 3 rings (SSSR count). The summed E-state index contributed by atoms with van der Waals surface area (Å²) in [6.07, 6.45) is 2.09. The zero-order chi connectivity index (χ0) is 24.3. The van der Waals surface area contributed by atoms with Gasteiger partial charge in [0.05, 0.1) is 13.1 Å². The molecule has 0 aliphatic heterocycles. The molecule has 7 nitrogen and oxygen atoms in total. The summed E-state index contributed by atoms with van der Waals surface area (Å²) in [5.74, 6) is -1.35. The minimum Gasteiger partial charge on any atom is -0.479 e. The number of hydrogen-bond acceptors (Lipinski definition) is 5. The molecule has 180 valence electrons. The summed E-state index contributed by atoms with van der Waals surface area (Å²) in [5, 5.41) is 18.8. The highest BCUT2D eigenvalue weighted by Crippen LogP contribution is 2.19. The van der Waals surface area contributed by atoms with Crippen molar-refractivity contribution in [3.63, 3.8) is 0 Å². The first-order valence-corrected chi connectivity index (χ1v) is 12.9. The highest BCUT2D eigenvalue weighted by Gasteiger charge is 2.28. The van der Waals surface area contributed by atoms with E-state index < -0.39 is 24.1 Å². The van der Waals surface area contributed by atoms with Crippen LogP contribution in [-0.4, -0.2) is 34.0 Å². The number of hydrogen-bond donors (Lipinski definition) is 3. The Kier molecular flexibility index (Phi) is 9.66. The molecular weight excluding hydrogens is 470 g/mol. The number of aliphatic carboxylic acids is 1. The molecule has 0 bridgehead atoms. The van der Waals surface area contributed by atoms with E-state index in [4.69, 9.17) is 0 Å². The first-order valence-electron chi connectivity index (χ1n) is 11.2. The van der Waals surface area contributed by atoms with Gasteiger partial charge in [0.1, 0.15) is 6.04 Å². The molecule has 34 heavy (non-hydrogen) atoms. The number of unbranched alkanes of at least 4 members (excludes halogenated alkanes) is 1. The van der Waals surface area contributed by atoms with Crippen LogP contribution in [0.5, 0.6) is 0 Å². The van der Waals surface area contributed by atoms with Gasteiger partial charge in [-0.3, -0.25) is 4.79 Å². The van der Waals surface area contributed by atoms with Crippen LogP contribution in [0, 0.1) is 0 Å². The number of nitrogens with zero attached hydrogens (tertiary/aromatic N) is 1. The second-order valence-corrected chi connectivity index (χ2v) is 9.91. The molecule has 0 radical (unpaired) electrons. The molecule has 3 aromatic rings. The van der Waals surface area contributed by atoms with E-state index in [-0.39, 0.29) is 5.91 Å². The van der Waals surface area contributed by atoms with Gasteiger partial charge in [-0.2, -0.15) is 0 Å². The maximum atomic E-state index is 13.6. The van der Waals surface area contributed by atoms with Gasteiger partial charge < -0.3 is 20.6 Å². The number of carboxylic acid groups (broad SMARTS) is 1. The minimum atomic E-state index is -1.21. The summed E-state index contributed by atoms with van der Waals surface area (Å²) < 4.78 is 0. The largest absolute Gasteiger partial charge is 0.479 e. The predicted octanol–water partition coefficient (Wildman–Crippen LogP) is 5.02. The number of rotatable bonds is 12. The van der Waals surface area contributed by atoms with Gasteiger partial charge in [-0.25, -0.2) is 9.59 Å². The summed E-state index contributed by atoms with van der Waals surface area (Å²) >= 11 is 3.16. The third kappa shape index (κ3) is 7.43. The van der Waals surface area contributed by atoms with Gasteiger partial charge in [0, 0.05) is 9.75 Å². The summed E-state index contributed by atoms with van der Waals surface area (Å²) in [6.45, 7) is 2.91. The quantitative estimate of drug-likeness (QED) is 0.326. The standard InChI is InChI=1S/C25H29N3O4S2/c1-2-3-13-21(26-25(32)27-22(24(30)31)18-9-5-4-6-10-18)23(29)28(16-19-11-7-14-33-19)17-20-12-8-15-34-20/h4-12,14-15,21-22H,2-3,13,16-17H2,1H3,(H,30,31)(H2,26,27,32)/t21-,22+/m0/s1. The van der Waals surface area contributed by atoms with Crippen molar-refractivity contribution in [2.75, 3.05) is 0 Å². The number of benzene rings is 1. The Hall–Kier alpha value is -3.17. The molecule has 0 saturated heterocycles. The summed E-state index contributed by atoms with van der Waals surface area (Å²) in [4.78, 5) is 42.1. The molecule has 2 aromatic heterocycles. The van der Waals surface area contributed by atoms with Crippen LogP contribution in [0.3, 0.4) is 0 Å². The maximum absolute atomic E-state index is 13.6. The highest BCUT2D eigenvalue weighted by molar-refractivity contribution is 7.10. The van der Waals surface area contributed by atoms with E-state index in [1.807, 2.05) is 41.9 Å². The van der Waals surface area contributed by atoms with E-state index in [9.17, 15) is 19.5 Å². The molecule has 3 N–H and O–H groups in total. The maximum Gasteiger partial charge on any atom is 0.330 e. The number of carbonyl (C=O) groups excluding carboxylic acids is 2. The Morgan fingerprint density at radius 1 is 0.912 bits per heavy atom. The summed E-state index contributed by atoms with van der Waals surface area (Å²) in [5.41, 5.74) is 0.457. The topological polar surface area (TPSA) is 98.7 Å². The fraction of sp³-hybridized carbons (Fsp3) is 0.320. The van der Waals surface area contributed by atoms with Crippen LogP contribution in [-0.2, 0) is 22.7 Å². The number of urea groups is 1. The number of amides is 3. The van der Waals surface area contributed by atoms with Gasteiger partial charge in [-0.1, -0.05) is 62.2 Å². The summed E-state index contributed by atoms with van der Waals surface area (Å²) in [6, 6.07) is 13.7. The lowest BCUT2D eigenvalue weighted by Crippen LogP contribution is -2.52. The van der Waals surface area contributed by atoms with E-state index in [1.54, 1.807) is 57.9 Å². The van der Waals surface area contributed by atoms with Gasteiger partial charge in [0.2, 0.25) is 5.91 Å². The SMILES string of the molecule is CCCC[C@H](NC(=O)N[C@@H](C(=O)O)c1ccccc1)C(=O)N(Cc1cccs1)Cc1cccs1. The van der Waals surface area contributed by atoms with Crippen LogP contribution in [0.1, 0.15) is 47.5 Å². The van der Waals surface area contributed by atoms with Crippen LogP contribution in [0.15, 0.2) is 65.4 Å². The first kappa shape index (κ1) is 25.5. The fourth-order valence-electron chi connectivity index (χ4n) is 3.54. The van der Waals surface area contributed by atoms with Crippen molar-refractivity contribution < 1.29 is 19.5 Å². The molecule has 0 unspecified atom stereocenters. The van der Waals surface area contributed by atoms with E-state index in [0.717, 1.165) is 22.6 Å². The van der Waals surface area contributed by atoms with Crippen LogP contribution < -0.4 is 10.6 Å². The zero-order valence-corrected chi connectivity index (χ0v) is 20.6. The smallest absolute Gasteiger partial charge is 0.330 e.